The van der Waals surface area contributed by atoms with Crippen LogP contribution in [-0.4, -0.2) is 47.0 Å². The van der Waals surface area contributed by atoms with Crippen molar-refractivity contribution < 1.29 is 24.2 Å². The predicted octanol–water partition coefficient (Wildman–Crippen LogP) is 1.84. The first kappa shape index (κ1) is 18.0. The van der Waals surface area contributed by atoms with Gasteiger partial charge in [-0.3, -0.25) is 9.59 Å². The summed E-state index contributed by atoms with van der Waals surface area (Å²) in [6.07, 6.45) is 0.336. The topological polar surface area (TPSA) is 87.2 Å². The molecule has 1 atom stereocenters. The lowest BCUT2D eigenvalue weighted by Crippen LogP contribution is -2.49. The number of rotatable bonds is 4. The number of para-hydroxylation sites is 2. The highest BCUT2D eigenvalue weighted by molar-refractivity contribution is 5.98. The fourth-order valence-corrected chi connectivity index (χ4v) is 3.76. The SMILES string of the molecule is O=C(O)[C@H]1Cc2ccccc2CN1C(=O)CCN1C(=O)COc2ccccc21. The molecule has 7 heteroatoms. The second kappa shape index (κ2) is 7.34. The molecule has 2 aliphatic heterocycles. The first-order valence-electron chi connectivity index (χ1n) is 9.16. The number of aliphatic carboxylic acids is 1. The van der Waals surface area contributed by atoms with Gasteiger partial charge in [0, 0.05) is 25.9 Å². The van der Waals surface area contributed by atoms with Crippen molar-refractivity contribution in [2.75, 3.05) is 18.1 Å². The lowest BCUT2D eigenvalue weighted by molar-refractivity contribution is -0.151. The van der Waals surface area contributed by atoms with Gasteiger partial charge in [-0.05, 0) is 23.3 Å². The zero-order valence-corrected chi connectivity index (χ0v) is 15.2. The van der Waals surface area contributed by atoms with Crippen LogP contribution in [0.1, 0.15) is 17.5 Å². The molecule has 0 fully saturated rings. The number of fused-ring (bicyclic) bond motifs is 2. The summed E-state index contributed by atoms with van der Waals surface area (Å²) in [4.78, 5) is 39.8. The Bertz CT molecular complexity index is 942. The number of carbonyl (C=O) groups excluding carboxylic acids is 2. The Morgan fingerprint density at radius 2 is 1.79 bits per heavy atom. The molecule has 1 N–H and O–H groups in total. The molecule has 28 heavy (non-hydrogen) atoms. The molecule has 2 amide bonds. The van der Waals surface area contributed by atoms with E-state index in [9.17, 15) is 19.5 Å². The Labute approximate surface area is 162 Å². The number of carbonyl (C=O) groups is 3. The van der Waals surface area contributed by atoms with Gasteiger partial charge >= 0.3 is 5.97 Å². The molecule has 0 saturated carbocycles. The summed E-state index contributed by atoms with van der Waals surface area (Å²) in [6, 6.07) is 13.8. The number of hydrogen-bond acceptors (Lipinski definition) is 4. The van der Waals surface area contributed by atoms with Crippen LogP contribution in [0.3, 0.4) is 0 Å². The summed E-state index contributed by atoms with van der Waals surface area (Å²) in [5, 5.41) is 9.60. The van der Waals surface area contributed by atoms with E-state index in [1.165, 1.54) is 9.80 Å². The van der Waals surface area contributed by atoms with E-state index in [0.29, 0.717) is 11.4 Å². The van der Waals surface area contributed by atoms with Crippen LogP contribution in [0.25, 0.3) is 0 Å². The minimum absolute atomic E-state index is 0.0476. The fourth-order valence-electron chi connectivity index (χ4n) is 3.76. The molecule has 2 aliphatic rings. The average Bonchev–Trinajstić information content (AvgIpc) is 2.71. The maximum Gasteiger partial charge on any atom is 0.326 e. The van der Waals surface area contributed by atoms with E-state index in [1.54, 1.807) is 18.2 Å². The molecular formula is C21H20N2O5. The quantitative estimate of drug-likeness (QED) is 0.875. The van der Waals surface area contributed by atoms with E-state index in [-0.39, 0.29) is 44.4 Å². The normalized spacial score (nSPS) is 18.1. The predicted molar refractivity (Wildman–Crippen MR) is 101 cm³/mol. The molecule has 4 rings (SSSR count). The first-order chi connectivity index (χ1) is 13.5. The Kier molecular flexibility index (Phi) is 4.73. The fraction of sp³-hybridized carbons (Fsp3) is 0.286. The number of anilines is 1. The number of nitrogens with zero attached hydrogens (tertiary/aromatic N) is 2. The van der Waals surface area contributed by atoms with Gasteiger partial charge in [0.2, 0.25) is 5.91 Å². The first-order valence-corrected chi connectivity index (χ1v) is 9.16. The van der Waals surface area contributed by atoms with E-state index in [4.69, 9.17) is 4.74 Å². The summed E-state index contributed by atoms with van der Waals surface area (Å²) >= 11 is 0. The van der Waals surface area contributed by atoms with E-state index in [1.807, 2.05) is 30.3 Å². The smallest absolute Gasteiger partial charge is 0.326 e. The molecule has 0 aliphatic carbocycles. The van der Waals surface area contributed by atoms with Crippen LogP contribution >= 0.6 is 0 Å². The van der Waals surface area contributed by atoms with Gasteiger partial charge < -0.3 is 19.6 Å². The summed E-state index contributed by atoms with van der Waals surface area (Å²) < 4.78 is 5.41. The van der Waals surface area contributed by atoms with Gasteiger partial charge in [0.1, 0.15) is 11.8 Å². The summed E-state index contributed by atoms with van der Waals surface area (Å²) in [5.41, 5.74) is 2.54. The second-order valence-corrected chi connectivity index (χ2v) is 6.90. The Morgan fingerprint density at radius 1 is 1.07 bits per heavy atom. The number of amides is 2. The maximum absolute atomic E-state index is 12.9. The average molecular weight is 380 g/mol. The van der Waals surface area contributed by atoms with Gasteiger partial charge in [-0.1, -0.05) is 36.4 Å². The van der Waals surface area contributed by atoms with Gasteiger partial charge in [-0.2, -0.15) is 0 Å². The van der Waals surface area contributed by atoms with Crippen molar-refractivity contribution in [2.45, 2.75) is 25.4 Å². The third-order valence-electron chi connectivity index (χ3n) is 5.21. The highest BCUT2D eigenvalue weighted by Crippen LogP contribution is 2.32. The molecule has 0 radical (unpaired) electrons. The van der Waals surface area contributed by atoms with Crippen LogP contribution in [0.4, 0.5) is 5.69 Å². The third kappa shape index (κ3) is 3.31. The van der Waals surface area contributed by atoms with Crippen molar-refractivity contribution in [3.63, 3.8) is 0 Å². The Balaban J connectivity index is 1.50. The van der Waals surface area contributed by atoms with Crippen molar-refractivity contribution >= 4 is 23.5 Å². The minimum atomic E-state index is -1.02. The summed E-state index contributed by atoms with van der Waals surface area (Å²) in [6.45, 7) is 0.377. The van der Waals surface area contributed by atoms with Gasteiger partial charge in [0.15, 0.2) is 6.61 Å². The highest BCUT2D eigenvalue weighted by atomic mass is 16.5. The van der Waals surface area contributed by atoms with Crippen LogP contribution in [0.5, 0.6) is 5.75 Å². The molecule has 2 heterocycles. The van der Waals surface area contributed by atoms with Crippen LogP contribution in [-0.2, 0) is 27.3 Å². The number of carboxylic acid groups (broad SMARTS) is 1. The Morgan fingerprint density at radius 3 is 2.57 bits per heavy atom. The van der Waals surface area contributed by atoms with Crippen LogP contribution in [0.15, 0.2) is 48.5 Å². The molecule has 0 aromatic heterocycles. The number of carboxylic acids is 1. The van der Waals surface area contributed by atoms with Gasteiger partial charge in [0.25, 0.3) is 5.91 Å². The largest absolute Gasteiger partial charge is 0.482 e. The third-order valence-corrected chi connectivity index (χ3v) is 5.21. The van der Waals surface area contributed by atoms with Crippen LogP contribution in [0, 0.1) is 0 Å². The lowest BCUT2D eigenvalue weighted by atomic mass is 9.93. The second-order valence-electron chi connectivity index (χ2n) is 6.90. The van der Waals surface area contributed by atoms with Crippen molar-refractivity contribution in [3.8, 4) is 5.75 Å². The summed E-state index contributed by atoms with van der Waals surface area (Å²) in [5.74, 6) is -0.913. The van der Waals surface area contributed by atoms with Gasteiger partial charge in [0.05, 0.1) is 5.69 Å². The van der Waals surface area contributed by atoms with Crippen LogP contribution < -0.4 is 9.64 Å². The molecular weight excluding hydrogens is 360 g/mol. The molecule has 7 nitrogen and oxygen atoms in total. The van der Waals surface area contributed by atoms with Crippen molar-refractivity contribution in [1.29, 1.82) is 0 Å². The van der Waals surface area contributed by atoms with Gasteiger partial charge in [-0.25, -0.2) is 4.79 Å². The number of ether oxygens (including phenoxy) is 1. The maximum atomic E-state index is 12.9. The van der Waals surface area contributed by atoms with E-state index >= 15 is 0 Å². The number of benzene rings is 2. The van der Waals surface area contributed by atoms with Crippen molar-refractivity contribution in [1.82, 2.24) is 4.90 Å². The van der Waals surface area contributed by atoms with Gasteiger partial charge in [-0.15, -0.1) is 0 Å². The van der Waals surface area contributed by atoms with Crippen molar-refractivity contribution in [2.24, 2.45) is 0 Å². The molecule has 0 unspecified atom stereocenters. The minimum Gasteiger partial charge on any atom is -0.482 e. The van der Waals surface area contributed by atoms with E-state index in [2.05, 4.69) is 0 Å². The molecule has 0 bridgehead atoms. The monoisotopic (exact) mass is 380 g/mol. The molecule has 144 valence electrons. The molecule has 0 saturated heterocycles. The van der Waals surface area contributed by atoms with E-state index < -0.39 is 12.0 Å². The molecule has 2 aromatic rings. The molecule has 0 spiro atoms. The zero-order valence-electron chi connectivity index (χ0n) is 15.2. The molecule has 2 aromatic carbocycles. The lowest BCUT2D eigenvalue weighted by Gasteiger charge is -2.35. The van der Waals surface area contributed by atoms with E-state index in [0.717, 1.165) is 11.1 Å². The standard InChI is InChI=1S/C21H20N2O5/c24-19(9-10-22-16-7-3-4-8-18(16)28-13-20(22)25)23-12-15-6-2-1-5-14(15)11-17(23)21(26)27/h1-8,17H,9-13H2,(H,26,27)/t17-/m1/s1. The highest BCUT2D eigenvalue weighted by Gasteiger charge is 2.35. The van der Waals surface area contributed by atoms with Crippen molar-refractivity contribution in [3.05, 3.63) is 59.7 Å². The summed E-state index contributed by atoms with van der Waals surface area (Å²) in [7, 11) is 0. The Hall–Kier alpha value is -3.35. The number of hydrogen-bond donors (Lipinski definition) is 1. The zero-order chi connectivity index (χ0) is 19.7. The van der Waals surface area contributed by atoms with Crippen LogP contribution in [0.2, 0.25) is 0 Å².